The van der Waals surface area contributed by atoms with E-state index in [1.54, 1.807) is 35.2 Å². The van der Waals surface area contributed by atoms with E-state index in [9.17, 15) is 8.78 Å². The molecule has 2 rings (SSSR count). The van der Waals surface area contributed by atoms with Gasteiger partial charge in [-0.1, -0.05) is 12.1 Å². The zero-order chi connectivity index (χ0) is 13.7. The van der Waals surface area contributed by atoms with Gasteiger partial charge in [-0.3, -0.25) is 16.3 Å². The highest BCUT2D eigenvalue weighted by atomic mass is 32.1. The number of aromatic nitrogens is 1. The number of nitrogens with two attached hydrogens (primary N) is 1. The zero-order valence-electron chi connectivity index (χ0n) is 9.92. The van der Waals surface area contributed by atoms with Crippen LogP contribution in [-0.2, 0) is 6.42 Å². The molecule has 102 valence electrons. The molecule has 1 atom stereocenters. The molecule has 0 aliphatic carbocycles. The van der Waals surface area contributed by atoms with Gasteiger partial charge in [0.25, 0.3) is 0 Å². The number of hydrogen-bond donors (Lipinski definition) is 2. The molecule has 0 radical (unpaired) electrons. The molecule has 0 spiro atoms. The molecular formula is C12H13F2N3OS. The number of rotatable bonds is 6. The molecule has 0 saturated carbocycles. The van der Waals surface area contributed by atoms with Gasteiger partial charge in [-0.25, -0.2) is 0 Å². The van der Waals surface area contributed by atoms with Gasteiger partial charge in [0.15, 0.2) is 0 Å². The monoisotopic (exact) mass is 285 g/mol. The number of nitrogens with zero attached hydrogens (tertiary/aromatic N) is 1. The molecule has 1 heterocycles. The minimum absolute atomic E-state index is 0.0963. The molecule has 1 aromatic heterocycles. The van der Waals surface area contributed by atoms with Gasteiger partial charge in [-0.05, 0) is 17.7 Å². The summed E-state index contributed by atoms with van der Waals surface area (Å²) in [5, 5.41) is 0. The number of hydrazine groups is 1. The molecule has 1 aromatic carbocycles. The van der Waals surface area contributed by atoms with E-state index in [1.165, 1.54) is 12.1 Å². The number of nitrogens with one attached hydrogen (secondary N) is 1. The Hall–Kier alpha value is -1.57. The van der Waals surface area contributed by atoms with Gasteiger partial charge in [-0.15, -0.1) is 11.3 Å². The van der Waals surface area contributed by atoms with E-state index >= 15 is 0 Å². The van der Waals surface area contributed by atoms with E-state index in [0.29, 0.717) is 6.42 Å². The molecule has 19 heavy (non-hydrogen) atoms. The topological polar surface area (TPSA) is 60.2 Å². The van der Waals surface area contributed by atoms with Crippen LogP contribution in [0.4, 0.5) is 8.78 Å². The summed E-state index contributed by atoms with van der Waals surface area (Å²) in [4.78, 5) is 5.09. The van der Waals surface area contributed by atoms with E-state index in [-0.39, 0.29) is 11.8 Å². The second kappa shape index (κ2) is 6.55. The van der Waals surface area contributed by atoms with Crippen molar-refractivity contribution in [3.05, 3.63) is 46.4 Å². The molecule has 4 nitrogen and oxygen atoms in total. The van der Waals surface area contributed by atoms with Crippen molar-refractivity contribution < 1.29 is 13.5 Å². The maximum Gasteiger partial charge on any atom is 0.387 e. The Morgan fingerprint density at radius 2 is 2.05 bits per heavy atom. The average Bonchev–Trinajstić information content (AvgIpc) is 2.89. The van der Waals surface area contributed by atoms with Crippen LogP contribution in [0.1, 0.15) is 16.5 Å². The number of hydrogen-bond acceptors (Lipinski definition) is 5. The van der Waals surface area contributed by atoms with Crippen molar-refractivity contribution >= 4 is 11.3 Å². The van der Waals surface area contributed by atoms with Gasteiger partial charge in [0.05, 0.1) is 11.6 Å². The highest BCUT2D eigenvalue weighted by Gasteiger charge is 2.12. The van der Waals surface area contributed by atoms with Crippen molar-refractivity contribution in [1.82, 2.24) is 10.4 Å². The Kier molecular flexibility index (Phi) is 4.78. The molecule has 7 heteroatoms. The second-order valence-electron chi connectivity index (χ2n) is 3.84. The van der Waals surface area contributed by atoms with Crippen molar-refractivity contribution in [1.29, 1.82) is 0 Å². The SMILES string of the molecule is NNC(Cc1cncs1)c1ccc(OC(F)F)cc1. The van der Waals surface area contributed by atoms with E-state index in [0.717, 1.165) is 10.4 Å². The van der Waals surface area contributed by atoms with Crippen molar-refractivity contribution in [2.24, 2.45) is 5.84 Å². The smallest absolute Gasteiger partial charge is 0.387 e. The fourth-order valence-corrected chi connectivity index (χ4v) is 2.34. The first-order chi connectivity index (χ1) is 9.19. The third kappa shape index (κ3) is 3.95. The summed E-state index contributed by atoms with van der Waals surface area (Å²) in [6, 6.07) is 6.32. The van der Waals surface area contributed by atoms with Gasteiger partial charge in [0.1, 0.15) is 5.75 Å². The first-order valence-electron chi connectivity index (χ1n) is 5.57. The van der Waals surface area contributed by atoms with Crippen LogP contribution < -0.4 is 16.0 Å². The molecule has 3 N–H and O–H groups in total. The number of benzene rings is 1. The molecule has 0 aliphatic heterocycles. The molecule has 0 fully saturated rings. The maximum absolute atomic E-state index is 12.0. The van der Waals surface area contributed by atoms with Gasteiger partial charge in [0, 0.05) is 17.5 Å². The van der Waals surface area contributed by atoms with Crippen molar-refractivity contribution in [2.75, 3.05) is 0 Å². The molecule has 0 bridgehead atoms. The van der Waals surface area contributed by atoms with Crippen molar-refractivity contribution in [3.8, 4) is 5.75 Å². The normalized spacial score (nSPS) is 12.6. The third-order valence-electron chi connectivity index (χ3n) is 2.60. The van der Waals surface area contributed by atoms with Crippen LogP contribution >= 0.6 is 11.3 Å². The van der Waals surface area contributed by atoms with Crippen molar-refractivity contribution in [2.45, 2.75) is 19.1 Å². The highest BCUT2D eigenvalue weighted by molar-refractivity contribution is 7.09. The lowest BCUT2D eigenvalue weighted by Crippen LogP contribution is -2.29. The van der Waals surface area contributed by atoms with Crippen LogP contribution in [-0.4, -0.2) is 11.6 Å². The zero-order valence-corrected chi connectivity index (χ0v) is 10.7. The molecular weight excluding hydrogens is 272 g/mol. The quantitative estimate of drug-likeness (QED) is 0.632. The van der Waals surface area contributed by atoms with Gasteiger partial charge in [0.2, 0.25) is 0 Å². The van der Waals surface area contributed by atoms with Crippen LogP contribution in [0.2, 0.25) is 0 Å². The fraction of sp³-hybridized carbons (Fsp3) is 0.250. The van der Waals surface area contributed by atoms with E-state index in [2.05, 4.69) is 15.1 Å². The third-order valence-corrected chi connectivity index (χ3v) is 3.40. The fourth-order valence-electron chi connectivity index (χ4n) is 1.70. The lowest BCUT2D eigenvalue weighted by molar-refractivity contribution is -0.0498. The lowest BCUT2D eigenvalue weighted by Gasteiger charge is -2.15. The van der Waals surface area contributed by atoms with Gasteiger partial charge >= 0.3 is 6.61 Å². The Morgan fingerprint density at radius 3 is 2.58 bits per heavy atom. The Bertz CT molecular complexity index is 490. The standard InChI is InChI=1S/C12H13F2N3OS/c13-12(14)18-9-3-1-8(2-4-9)11(17-15)5-10-6-16-7-19-10/h1-4,6-7,11-12,17H,5,15H2. The summed E-state index contributed by atoms with van der Waals surface area (Å²) in [5.74, 6) is 5.65. The predicted octanol–water partition coefficient (Wildman–Crippen LogP) is 2.49. The van der Waals surface area contributed by atoms with Crippen LogP contribution in [0, 0.1) is 0 Å². The van der Waals surface area contributed by atoms with Crippen LogP contribution in [0.15, 0.2) is 36.0 Å². The Balaban J connectivity index is 2.06. The molecule has 2 aromatic rings. The largest absolute Gasteiger partial charge is 0.435 e. The summed E-state index contributed by atoms with van der Waals surface area (Å²) >= 11 is 1.54. The van der Waals surface area contributed by atoms with Gasteiger partial charge < -0.3 is 4.74 Å². The summed E-state index contributed by atoms with van der Waals surface area (Å²) in [6.45, 7) is -2.81. The minimum Gasteiger partial charge on any atom is -0.435 e. The number of ether oxygens (including phenoxy) is 1. The highest BCUT2D eigenvalue weighted by Crippen LogP contribution is 2.22. The first-order valence-corrected chi connectivity index (χ1v) is 6.45. The number of thiazole rings is 1. The van der Waals surface area contributed by atoms with E-state index in [1.807, 2.05) is 0 Å². The minimum atomic E-state index is -2.81. The lowest BCUT2D eigenvalue weighted by atomic mass is 10.0. The Morgan fingerprint density at radius 1 is 1.32 bits per heavy atom. The predicted molar refractivity (Wildman–Crippen MR) is 69.0 cm³/mol. The molecule has 1 unspecified atom stereocenters. The second-order valence-corrected chi connectivity index (χ2v) is 4.81. The van der Waals surface area contributed by atoms with Crippen molar-refractivity contribution in [3.63, 3.8) is 0 Å². The van der Waals surface area contributed by atoms with E-state index < -0.39 is 6.61 Å². The summed E-state index contributed by atoms with van der Waals surface area (Å²) in [6.07, 6.45) is 2.47. The maximum atomic E-state index is 12.0. The number of alkyl halides is 2. The van der Waals surface area contributed by atoms with Crippen LogP contribution in [0.5, 0.6) is 5.75 Å². The van der Waals surface area contributed by atoms with Crippen LogP contribution in [0.25, 0.3) is 0 Å². The van der Waals surface area contributed by atoms with Crippen LogP contribution in [0.3, 0.4) is 0 Å². The number of halogens is 2. The summed E-state index contributed by atoms with van der Waals surface area (Å²) in [7, 11) is 0. The molecule has 0 saturated heterocycles. The summed E-state index contributed by atoms with van der Waals surface area (Å²) in [5.41, 5.74) is 5.36. The molecule has 0 amide bonds. The van der Waals surface area contributed by atoms with E-state index in [4.69, 9.17) is 5.84 Å². The van der Waals surface area contributed by atoms with Gasteiger partial charge in [-0.2, -0.15) is 8.78 Å². The summed E-state index contributed by atoms with van der Waals surface area (Å²) < 4.78 is 28.4. The average molecular weight is 285 g/mol. The molecule has 0 aliphatic rings. The Labute approximate surface area is 113 Å². The first kappa shape index (κ1) is 13.9.